The predicted octanol–water partition coefficient (Wildman–Crippen LogP) is 1.64. The number of hydrogen-bond acceptors (Lipinski definition) is 3. The standard InChI is InChI=1S/C14H20N2O3S/c1-2-20(18,19)15-11-12-6-5-7-13(10-12)16-9-4-3-8-14(16)17/h5-7,10,15H,2-4,8-9,11H2,1H3. The van der Waals surface area contributed by atoms with E-state index in [0.717, 1.165) is 30.6 Å². The minimum atomic E-state index is -3.20. The quantitative estimate of drug-likeness (QED) is 0.898. The first kappa shape index (κ1) is 15.0. The molecule has 1 amide bonds. The summed E-state index contributed by atoms with van der Waals surface area (Å²) in [6.45, 7) is 2.60. The summed E-state index contributed by atoms with van der Waals surface area (Å²) in [6, 6.07) is 7.48. The van der Waals surface area contributed by atoms with Crippen molar-refractivity contribution in [3.05, 3.63) is 29.8 Å². The second-order valence-electron chi connectivity index (χ2n) is 4.90. The summed E-state index contributed by atoms with van der Waals surface area (Å²) in [5.74, 6) is 0.208. The molecule has 20 heavy (non-hydrogen) atoms. The van der Waals surface area contributed by atoms with Gasteiger partial charge in [0, 0.05) is 25.2 Å². The van der Waals surface area contributed by atoms with Gasteiger partial charge < -0.3 is 4.90 Å². The smallest absolute Gasteiger partial charge is 0.226 e. The van der Waals surface area contributed by atoms with E-state index in [2.05, 4.69) is 4.72 Å². The maximum atomic E-state index is 11.9. The molecule has 1 aliphatic heterocycles. The summed E-state index contributed by atoms with van der Waals surface area (Å²) in [4.78, 5) is 13.7. The lowest BCUT2D eigenvalue weighted by Crippen LogP contribution is -2.35. The number of anilines is 1. The van der Waals surface area contributed by atoms with E-state index in [-0.39, 0.29) is 18.2 Å². The molecule has 1 aromatic rings. The topological polar surface area (TPSA) is 66.5 Å². The lowest BCUT2D eigenvalue weighted by Gasteiger charge is -2.27. The zero-order valence-electron chi connectivity index (χ0n) is 11.6. The van der Waals surface area contributed by atoms with Crippen LogP contribution in [-0.2, 0) is 21.4 Å². The first-order chi connectivity index (χ1) is 9.52. The Hall–Kier alpha value is -1.40. The molecule has 1 aromatic carbocycles. The minimum absolute atomic E-state index is 0.0668. The number of nitrogens with zero attached hydrogens (tertiary/aromatic N) is 1. The van der Waals surface area contributed by atoms with Crippen molar-refractivity contribution in [2.45, 2.75) is 32.7 Å². The fourth-order valence-corrected chi connectivity index (χ4v) is 2.80. The normalized spacial score (nSPS) is 16.4. The van der Waals surface area contributed by atoms with Gasteiger partial charge in [0.25, 0.3) is 0 Å². The third-order valence-electron chi connectivity index (χ3n) is 3.42. The van der Waals surface area contributed by atoms with Gasteiger partial charge in [0.1, 0.15) is 0 Å². The third kappa shape index (κ3) is 3.80. The van der Waals surface area contributed by atoms with E-state index in [1.165, 1.54) is 0 Å². The van der Waals surface area contributed by atoms with Gasteiger partial charge in [-0.25, -0.2) is 13.1 Å². The Bertz CT molecular complexity index is 584. The van der Waals surface area contributed by atoms with E-state index in [9.17, 15) is 13.2 Å². The molecule has 0 aromatic heterocycles. The van der Waals surface area contributed by atoms with Gasteiger partial charge in [0.2, 0.25) is 15.9 Å². The fraction of sp³-hybridized carbons (Fsp3) is 0.500. The Kier molecular flexibility index (Phi) is 4.77. The second kappa shape index (κ2) is 6.37. The molecule has 5 nitrogen and oxygen atoms in total. The highest BCUT2D eigenvalue weighted by Gasteiger charge is 2.19. The Morgan fingerprint density at radius 3 is 2.80 bits per heavy atom. The fourth-order valence-electron chi connectivity index (χ4n) is 2.21. The van der Waals surface area contributed by atoms with Crippen molar-refractivity contribution in [2.75, 3.05) is 17.2 Å². The van der Waals surface area contributed by atoms with Crippen molar-refractivity contribution >= 4 is 21.6 Å². The summed E-state index contributed by atoms with van der Waals surface area (Å²) in [5, 5.41) is 0. The Labute approximate surface area is 120 Å². The number of piperidine rings is 1. The Morgan fingerprint density at radius 1 is 1.30 bits per heavy atom. The van der Waals surface area contributed by atoms with Gasteiger partial charge in [-0.3, -0.25) is 4.79 Å². The molecule has 0 spiro atoms. The van der Waals surface area contributed by atoms with Crippen molar-refractivity contribution in [1.29, 1.82) is 0 Å². The molecule has 2 rings (SSSR count). The van der Waals surface area contributed by atoms with Crippen molar-refractivity contribution in [1.82, 2.24) is 4.72 Å². The minimum Gasteiger partial charge on any atom is -0.312 e. The molecule has 6 heteroatoms. The summed E-state index contributed by atoms with van der Waals surface area (Å²) >= 11 is 0. The van der Waals surface area contributed by atoms with E-state index in [1.54, 1.807) is 11.8 Å². The number of sulfonamides is 1. The average molecular weight is 296 g/mol. The Morgan fingerprint density at radius 2 is 2.10 bits per heavy atom. The molecule has 1 saturated heterocycles. The van der Waals surface area contributed by atoms with Crippen LogP contribution in [0.1, 0.15) is 31.7 Å². The molecule has 0 bridgehead atoms. The van der Waals surface area contributed by atoms with Crippen LogP contribution in [0.3, 0.4) is 0 Å². The number of amides is 1. The van der Waals surface area contributed by atoms with Gasteiger partial charge in [-0.1, -0.05) is 12.1 Å². The summed E-state index contributed by atoms with van der Waals surface area (Å²) in [5.41, 5.74) is 1.71. The van der Waals surface area contributed by atoms with Gasteiger partial charge in [-0.15, -0.1) is 0 Å². The molecule has 0 saturated carbocycles. The van der Waals surface area contributed by atoms with Crippen LogP contribution < -0.4 is 9.62 Å². The largest absolute Gasteiger partial charge is 0.312 e. The monoisotopic (exact) mass is 296 g/mol. The molecule has 0 aliphatic carbocycles. The molecule has 1 N–H and O–H groups in total. The van der Waals surface area contributed by atoms with E-state index in [4.69, 9.17) is 0 Å². The van der Waals surface area contributed by atoms with Crippen LogP contribution in [0, 0.1) is 0 Å². The summed E-state index contributed by atoms with van der Waals surface area (Å²) < 4.78 is 25.4. The maximum Gasteiger partial charge on any atom is 0.226 e. The SMILES string of the molecule is CCS(=O)(=O)NCc1cccc(N2CCCCC2=O)c1. The lowest BCUT2D eigenvalue weighted by molar-refractivity contribution is -0.119. The number of nitrogens with one attached hydrogen (secondary N) is 1. The number of hydrogen-bond donors (Lipinski definition) is 1. The van der Waals surface area contributed by atoms with Crippen LogP contribution in [0.5, 0.6) is 0 Å². The molecular weight excluding hydrogens is 276 g/mol. The van der Waals surface area contributed by atoms with Gasteiger partial charge in [0.05, 0.1) is 5.75 Å². The van der Waals surface area contributed by atoms with Gasteiger partial charge in [-0.05, 0) is 37.5 Å². The molecule has 110 valence electrons. The van der Waals surface area contributed by atoms with Crippen molar-refractivity contribution in [2.24, 2.45) is 0 Å². The van der Waals surface area contributed by atoms with Gasteiger partial charge >= 0.3 is 0 Å². The van der Waals surface area contributed by atoms with Crippen LogP contribution >= 0.6 is 0 Å². The molecule has 1 fully saturated rings. The summed E-state index contributed by atoms with van der Waals surface area (Å²) in [6.07, 6.45) is 2.55. The highest BCUT2D eigenvalue weighted by molar-refractivity contribution is 7.89. The summed E-state index contributed by atoms with van der Waals surface area (Å²) in [7, 11) is -3.20. The maximum absolute atomic E-state index is 11.9. The number of carbonyl (C=O) groups excluding carboxylic acids is 1. The van der Waals surface area contributed by atoms with Crippen LogP contribution in [0.2, 0.25) is 0 Å². The zero-order chi connectivity index (χ0) is 14.6. The van der Waals surface area contributed by atoms with E-state index < -0.39 is 10.0 Å². The molecule has 1 aliphatic rings. The van der Waals surface area contributed by atoms with E-state index in [1.807, 2.05) is 24.3 Å². The lowest BCUT2D eigenvalue weighted by atomic mass is 10.1. The average Bonchev–Trinajstić information content (AvgIpc) is 2.46. The van der Waals surface area contributed by atoms with Crippen molar-refractivity contribution < 1.29 is 13.2 Å². The van der Waals surface area contributed by atoms with E-state index >= 15 is 0 Å². The third-order valence-corrected chi connectivity index (χ3v) is 4.77. The zero-order valence-corrected chi connectivity index (χ0v) is 12.4. The second-order valence-corrected chi connectivity index (χ2v) is 6.99. The number of benzene rings is 1. The Balaban J connectivity index is 2.09. The van der Waals surface area contributed by atoms with Crippen molar-refractivity contribution in [3.63, 3.8) is 0 Å². The molecule has 0 unspecified atom stereocenters. The first-order valence-electron chi connectivity index (χ1n) is 6.88. The number of rotatable bonds is 5. The number of carbonyl (C=O) groups is 1. The highest BCUT2D eigenvalue weighted by Crippen LogP contribution is 2.21. The van der Waals surface area contributed by atoms with Crippen LogP contribution in [-0.4, -0.2) is 26.6 Å². The van der Waals surface area contributed by atoms with E-state index in [0.29, 0.717) is 6.42 Å². The van der Waals surface area contributed by atoms with Crippen LogP contribution in [0.4, 0.5) is 5.69 Å². The predicted molar refractivity (Wildman–Crippen MR) is 78.9 cm³/mol. The molecule has 0 atom stereocenters. The first-order valence-corrected chi connectivity index (χ1v) is 8.54. The van der Waals surface area contributed by atoms with Gasteiger partial charge in [-0.2, -0.15) is 0 Å². The van der Waals surface area contributed by atoms with Crippen LogP contribution in [0.15, 0.2) is 24.3 Å². The van der Waals surface area contributed by atoms with Crippen molar-refractivity contribution in [3.8, 4) is 0 Å². The molecular formula is C14H20N2O3S. The molecule has 1 heterocycles. The molecule has 0 radical (unpaired) electrons. The van der Waals surface area contributed by atoms with Gasteiger partial charge in [0.15, 0.2) is 0 Å². The van der Waals surface area contributed by atoms with Crippen LogP contribution in [0.25, 0.3) is 0 Å². The highest BCUT2D eigenvalue weighted by atomic mass is 32.2.